The number of ether oxygens (including phenoxy) is 1. The summed E-state index contributed by atoms with van der Waals surface area (Å²) < 4.78 is 9.10. The molecule has 5 heteroatoms. The topological polar surface area (TPSA) is 47.0 Å². The SMILES string of the molecule is COCCNCc1snnc1-c1ccc(C(C)C)cc1. The molecular formula is C15H21N3OS. The van der Waals surface area contributed by atoms with Crippen molar-refractivity contribution in [1.29, 1.82) is 0 Å². The first kappa shape index (κ1) is 15.1. The predicted octanol–water partition coefficient (Wildman–Crippen LogP) is 3.06. The smallest absolute Gasteiger partial charge is 0.110 e. The van der Waals surface area contributed by atoms with Gasteiger partial charge in [0.05, 0.1) is 11.5 Å². The molecule has 0 saturated carbocycles. The van der Waals surface area contributed by atoms with Gasteiger partial charge in [0.25, 0.3) is 0 Å². The molecule has 20 heavy (non-hydrogen) atoms. The molecular weight excluding hydrogens is 270 g/mol. The van der Waals surface area contributed by atoms with E-state index in [2.05, 4.69) is 53.0 Å². The fraction of sp³-hybridized carbons (Fsp3) is 0.467. The third-order valence-electron chi connectivity index (χ3n) is 3.18. The summed E-state index contributed by atoms with van der Waals surface area (Å²) in [5.74, 6) is 0.549. The van der Waals surface area contributed by atoms with Crippen molar-refractivity contribution in [2.75, 3.05) is 20.3 Å². The molecule has 0 spiro atoms. The number of hydrogen-bond acceptors (Lipinski definition) is 5. The van der Waals surface area contributed by atoms with Crippen molar-refractivity contribution in [2.24, 2.45) is 0 Å². The Labute approximate surface area is 124 Å². The second kappa shape index (κ2) is 7.47. The zero-order valence-corrected chi connectivity index (χ0v) is 13.0. The van der Waals surface area contributed by atoms with Gasteiger partial charge < -0.3 is 10.1 Å². The second-order valence-corrected chi connectivity index (χ2v) is 5.83. The van der Waals surface area contributed by atoms with Crippen LogP contribution >= 0.6 is 11.5 Å². The Balaban J connectivity index is 2.07. The summed E-state index contributed by atoms with van der Waals surface area (Å²) in [5.41, 5.74) is 3.46. The van der Waals surface area contributed by atoms with E-state index in [-0.39, 0.29) is 0 Å². The van der Waals surface area contributed by atoms with Crippen LogP contribution in [0, 0.1) is 0 Å². The van der Waals surface area contributed by atoms with E-state index in [0.29, 0.717) is 12.5 Å². The van der Waals surface area contributed by atoms with Crippen LogP contribution in [-0.2, 0) is 11.3 Å². The van der Waals surface area contributed by atoms with Crippen molar-refractivity contribution in [3.63, 3.8) is 0 Å². The molecule has 1 heterocycles. The highest BCUT2D eigenvalue weighted by molar-refractivity contribution is 7.05. The largest absolute Gasteiger partial charge is 0.383 e. The molecule has 0 radical (unpaired) electrons. The summed E-state index contributed by atoms with van der Waals surface area (Å²) >= 11 is 1.45. The fourth-order valence-corrected chi connectivity index (χ4v) is 2.58. The number of nitrogens with zero attached hydrogens (tertiary/aromatic N) is 2. The number of aromatic nitrogens is 2. The van der Waals surface area contributed by atoms with Gasteiger partial charge in [-0.15, -0.1) is 5.10 Å². The van der Waals surface area contributed by atoms with Crippen LogP contribution < -0.4 is 5.32 Å². The Morgan fingerprint density at radius 3 is 2.65 bits per heavy atom. The van der Waals surface area contributed by atoms with Crippen molar-refractivity contribution < 1.29 is 4.74 Å². The zero-order valence-electron chi connectivity index (χ0n) is 12.2. The molecule has 0 bridgehead atoms. The van der Waals surface area contributed by atoms with Gasteiger partial charge in [-0.05, 0) is 23.0 Å². The summed E-state index contributed by atoms with van der Waals surface area (Å²) in [4.78, 5) is 1.17. The van der Waals surface area contributed by atoms with E-state index in [9.17, 15) is 0 Å². The molecule has 1 N–H and O–H groups in total. The highest BCUT2D eigenvalue weighted by Gasteiger charge is 2.10. The Morgan fingerprint density at radius 2 is 2.00 bits per heavy atom. The molecule has 0 aliphatic rings. The normalized spacial score (nSPS) is 11.2. The number of nitrogens with one attached hydrogen (secondary N) is 1. The average molecular weight is 291 g/mol. The van der Waals surface area contributed by atoms with Gasteiger partial charge in [0.2, 0.25) is 0 Å². The van der Waals surface area contributed by atoms with E-state index < -0.39 is 0 Å². The Bertz CT molecular complexity index is 522. The maximum absolute atomic E-state index is 5.02. The van der Waals surface area contributed by atoms with Crippen molar-refractivity contribution in [1.82, 2.24) is 14.9 Å². The molecule has 1 aromatic carbocycles. The van der Waals surface area contributed by atoms with Gasteiger partial charge in [-0.1, -0.05) is 42.6 Å². The second-order valence-electron chi connectivity index (χ2n) is 4.99. The van der Waals surface area contributed by atoms with E-state index in [1.807, 2.05) is 0 Å². The van der Waals surface area contributed by atoms with Crippen LogP contribution in [0.5, 0.6) is 0 Å². The third-order valence-corrected chi connectivity index (χ3v) is 3.90. The Kier molecular flexibility index (Phi) is 5.64. The minimum Gasteiger partial charge on any atom is -0.383 e. The van der Waals surface area contributed by atoms with Crippen LogP contribution in [0.2, 0.25) is 0 Å². The van der Waals surface area contributed by atoms with Gasteiger partial charge >= 0.3 is 0 Å². The van der Waals surface area contributed by atoms with Crippen LogP contribution in [0.25, 0.3) is 11.3 Å². The summed E-state index contributed by atoms with van der Waals surface area (Å²) in [6.07, 6.45) is 0. The van der Waals surface area contributed by atoms with Gasteiger partial charge in [0.15, 0.2) is 0 Å². The first-order chi connectivity index (χ1) is 9.72. The summed E-state index contributed by atoms with van der Waals surface area (Å²) in [6, 6.07) is 8.60. The van der Waals surface area contributed by atoms with Gasteiger partial charge in [-0.2, -0.15) is 0 Å². The first-order valence-corrected chi connectivity index (χ1v) is 7.61. The van der Waals surface area contributed by atoms with E-state index in [1.54, 1.807) is 7.11 Å². The molecule has 0 amide bonds. The molecule has 0 unspecified atom stereocenters. The number of methoxy groups -OCH3 is 1. The third kappa shape index (κ3) is 3.85. The lowest BCUT2D eigenvalue weighted by Crippen LogP contribution is -2.18. The van der Waals surface area contributed by atoms with Crippen LogP contribution in [0.4, 0.5) is 0 Å². The van der Waals surface area contributed by atoms with E-state index in [0.717, 1.165) is 24.3 Å². The van der Waals surface area contributed by atoms with Crippen molar-refractivity contribution in [3.05, 3.63) is 34.7 Å². The lowest BCUT2D eigenvalue weighted by Gasteiger charge is -2.07. The highest BCUT2D eigenvalue weighted by Crippen LogP contribution is 2.25. The number of benzene rings is 1. The monoisotopic (exact) mass is 291 g/mol. The van der Waals surface area contributed by atoms with Crippen molar-refractivity contribution in [2.45, 2.75) is 26.3 Å². The molecule has 0 saturated heterocycles. The maximum Gasteiger partial charge on any atom is 0.110 e. The molecule has 108 valence electrons. The molecule has 2 rings (SSSR count). The number of hydrogen-bond donors (Lipinski definition) is 1. The minimum atomic E-state index is 0.549. The highest BCUT2D eigenvalue weighted by atomic mass is 32.1. The number of rotatable bonds is 7. The van der Waals surface area contributed by atoms with Crippen LogP contribution in [0.3, 0.4) is 0 Å². The Morgan fingerprint density at radius 1 is 1.25 bits per heavy atom. The summed E-state index contributed by atoms with van der Waals surface area (Å²) in [7, 11) is 1.71. The maximum atomic E-state index is 5.02. The van der Waals surface area contributed by atoms with Crippen molar-refractivity contribution in [3.8, 4) is 11.3 Å². The predicted molar refractivity (Wildman–Crippen MR) is 83.0 cm³/mol. The quantitative estimate of drug-likeness (QED) is 0.796. The molecule has 0 aliphatic heterocycles. The van der Waals surface area contributed by atoms with E-state index in [4.69, 9.17) is 4.74 Å². The van der Waals surface area contributed by atoms with Crippen LogP contribution in [0.15, 0.2) is 24.3 Å². The van der Waals surface area contributed by atoms with Crippen LogP contribution in [0.1, 0.15) is 30.2 Å². The minimum absolute atomic E-state index is 0.549. The molecule has 0 fully saturated rings. The molecule has 0 atom stereocenters. The van der Waals surface area contributed by atoms with Gasteiger partial charge in [-0.25, -0.2) is 0 Å². The lowest BCUT2D eigenvalue weighted by atomic mass is 10.0. The lowest BCUT2D eigenvalue weighted by molar-refractivity contribution is 0.199. The van der Waals surface area contributed by atoms with E-state index in [1.165, 1.54) is 22.0 Å². The molecule has 2 aromatic rings. The van der Waals surface area contributed by atoms with E-state index >= 15 is 0 Å². The summed E-state index contributed by atoms with van der Waals surface area (Å²) in [6.45, 7) is 6.72. The van der Waals surface area contributed by atoms with Gasteiger partial charge in [0, 0.05) is 25.8 Å². The van der Waals surface area contributed by atoms with Crippen LogP contribution in [-0.4, -0.2) is 29.8 Å². The molecule has 0 aliphatic carbocycles. The average Bonchev–Trinajstić information content (AvgIpc) is 2.92. The molecule has 4 nitrogen and oxygen atoms in total. The van der Waals surface area contributed by atoms with Gasteiger partial charge in [-0.3, -0.25) is 0 Å². The first-order valence-electron chi connectivity index (χ1n) is 6.83. The van der Waals surface area contributed by atoms with Crippen molar-refractivity contribution >= 4 is 11.5 Å². The molecule has 1 aromatic heterocycles. The fourth-order valence-electron chi connectivity index (χ4n) is 1.95. The standard InChI is InChI=1S/C15H21N3OS/c1-11(2)12-4-6-13(7-5-12)15-14(20-18-17-15)10-16-8-9-19-3/h4-7,11,16H,8-10H2,1-3H3. The zero-order chi connectivity index (χ0) is 14.4. The van der Waals surface area contributed by atoms with Gasteiger partial charge in [0.1, 0.15) is 5.69 Å². The Hall–Kier alpha value is -1.30. The summed E-state index contributed by atoms with van der Waals surface area (Å²) in [5, 5.41) is 7.59.